The first-order chi connectivity index (χ1) is 13.7. The minimum absolute atomic E-state index is 0.393. The fourth-order valence-corrected chi connectivity index (χ4v) is 4.55. The molecule has 0 saturated carbocycles. The number of fused-ring (bicyclic) bond motifs is 5. The van der Waals surface area contributed by atoms with E-state index in [2.05, 4.69) is 21.7 Å². The molecule has 5 nitrogen and oxygen atoms in total. The molecule has 4 heterocycles. The van der Waals surface area contributed by atoms with Gasteiger partial charge < -0.3 is 19.1 Å². The smallest absolute Gasteiger partial charge is 0.338 e. The van der Waals surface area contributed by atoms with Crippen molar-refractivity contribution in [2.45, 2.75) is 13.0 Å². The van der Waals surface area contributed by atoms with E-state index in [9.17, 15) is 9.90 Å². The third-order valence-corrected chi connectivity index (χ3v) is 5.81. The maximum absolute atomic E-state index is 12.3. The highest BCUT2D eigenvalue weighted by Crippen LogP contribution is 2.41. The van der Waals surface area contributed by atoms with Crippen LogP contribution in [0.4, 0.5) is 0 Å². The lowest BCUT2D eigenvalue weighted by Crippen LogP contribution is -2.15. The summed E-state index contributed by atoms with van der Waals surface area (Å²) < 4.78 is 7.32. The van der Waals surface area contributed by atoms with Gasteiger partial charge in [-0.15, -0.1) is 0 Å². The molecule has 0 saturated heterocycles. The number of aromatic nitrogens is 2. The van der Waals surface area contributed by atoms with Crippen LogP contribution in [0, 0.1) is 0 Å². The van der Waals surface area contributed by atoms with Gasteiger partial charge >= 0.3 is 5.97 Å². The number of carbonyl (C=O) groups is 1. The lowest BCUT2D eigenvalue weighted by Gasteiger charge is -2.17. The zero-order valence-corrected chi connectivity index (χ0v) is 14.9. The number of hydrogen-bond acceptors (Lipinski definition) is 2. The molecule has 3 aromatic rings. The predicted molar refractivity (Wildman–Crippen MR) is 106 cm³/mol. The van der Waals surface area contributed by atoms with E-state index in [-0.39, 0.29) is 0 Å². The topological polar surface area (TPSA) is 71.2 Å². The first-order valence-electron chi connectivity index (χ1n) is 9.20. The van der Waals surface area contributed by atoms with Crippen LogP contribution < -0.4 is 0 Å². The molecule has 0 unspecified atom stereocenters. The normalized spacial score (nSPS) is 13.0. The van der Waals surface area contributed by atoms with Gasteiger partial charge in [0.25, 0.3) is 0 Å². The number of carboxylic acids is 1. The highest BCUT2D eigenvalue weighted by molar-refractivity contribution is 6.01. The average molecular weight is 368 g/mol. The van der Waals surface area contributed by atoms with E-state index in [1.807, 2.05) is 36.5 Å². The van der Waals surface area contributed by atoms with Gasteiger partial charge in [0.2, 0.25) is 0 Å². The van der Waals surface area contributed by atoms with Gasteiger partial charge in [-0.2, -0.15) is 0 Å². The molecule has 2 aromatic heterocycles. The van der Waals surface area contributed by atoms with Gasteiger partial charge in [-0.25, -0.2) is 4.79 Å². The van der Waals surface area contributed by atoms with Crippen LogP contribution in [0.1, 0.15) is 27.3 Å². The summed E-state index contributed by atoms with van der Waals surface area (Å²) >= 11 is 0. The molecule has 28 heavy (non-hydrogen) atoms. The molecule has 0 spiro atoms. The molecule has 0 bridgehead atoms. The maximum Gasteiger partial charge on any atom is 0.338 e. The second kappa shape index (κ2) is 5.39. The maximum atomic E-state index is 12.3. The largest absolute Gasteiger partial charge is 0.478 e. The first-order valence-corrected chi connectivity index (χ1v) is 9.20. The third kappa shape index (κ3) is 1.98. The Morgan fingerprint density at radius 3 is 2.86 bits per heavy atom. The summed E-state index contributed by atoms with van der Waals surface area (Å²) in [6.07, 6.45) is 5.90. The third-order valence-electron chi connectivity index (χ3n) is 5.81. The lowest BCUT2D eigenvalue weighted by atomic mass is 9.96. The Balaban J connectivity index is 1.56. The van der Waals surface area contributed by atoms with E-state index in [0.717, 1.165) is 39.2 Å². The van der Waals surface area contributed by atoms with E-state index in [0.29, 0.717) is 18.5 Å². The summed E-state index contributed by atoms with van der Waals surface area (Å²) in [6, 6.07) is 14.0. The summed E-state index contributed by atoms with van der Waals surface area (Å²) in [7, 11) is 0. The van der Waals surface area contributed by atoms with E-state index in [4.69, 9.17) is 4.42 Å². The average Bonchev–Trinajstić information content (AvgIpc) is 3.38. The number of rotatable bonds is 2. The van der Waals surface area contributed by atoms with Gasteiger partial charge in [-0.3, -0.25) is 0 Å². The lowest BCUT2D eigenvalue weighted by molar-refractivity contribution is 0.0696. The Morgan fingerprint density at radius 1 is 1.07 bits per heavy atom. The molecule has 1 aromatic carbocycles. The van der Waals surface area contributed by atoms with Gasteiger partial charge in [-0.05, 0) is 28.8 Å². The van der Waals surface area contributed by atoms with Crippen molar-refractivity contribution in [3.63, 3.8) is 0 Å². The number of para-hydroxylation sites is 1. The molecule has 0 atom stereocenters. The molecule has 1 aliphatic carbocycles. The molecular weight excluding hydrogens is 352 g/mol. The number of benzene rings is 1. The van der Waals surface area contributed by atoms with Crippen molar-refractivity contribution < 1.29 is 14.3 Å². The van der Waals surface area contributed by atoms with Crippen LogP contribution in [0.2, 0.25) is 0 Å². The fraction of sp³-hybridized carbons (Fsp3) is 0.0870. The van der Waals surface area contributed by atoms with Crippen LogP contribution in [0.3, 0.4) is 0 Å². The Morgan fingerprint density at radius 2 is 1.96 bits per heavy atom. The Hall–Kier alpha value is -3.73. The van der Waals surface area contributed by atoms with Crippen LogP contribution in [0.25, 0.3) is 33.2 Å². The second-order valence-electron chi connectivity index (χ2n) is 7.27. The Labute approximate surface area is 160 Å². The van der Waals surface area contributed by atoms with Crippen LogP contribution in [0.5, 0.6) is 0 Å². The molecule has 0 fully saturated rings. The number of aromatic amines is 1. The predicted octanol–water partition coefficient (Wildman–Crippen LogP) is 4.98. The van der Waals surface area contributed by atoms with E-state index in [1.165, 1.54) is 10.9 Å². The molecule has 2 N–H and O–H groups in total. The molecule has 5 heteroatoms. The summed E-state index contributed by atoms with van der Waals surface area (Å²) in [5, 5.41) is 11.2. The molecular formula is C23H16N2O3. The summed E-state index contributed by atoms with van der Waals surface area (Å²) in [4.78, 5) is 15.8. The van der Waals surface area contributed by atoms with Crippen molar-refractivity contribution >= 4 is 16.9 Å². The monoisotopic (exact) mass is 368 g/mol. The quantitative estimate of drug-likeness (QED) is 0.452. The zero-order chi connectivity index (χ0) is 18.8. The molecule has 3 aliphatic rings. The van der Waals surface area contributed by atoms with Gasteiger partial charge in [0.15, 0.2) is 0 Å². The van der Waals surface area contributed by atoms with Crippen LogP contribution in [-0.2, 0) is 13.0 Å². The fourth-order valence-electron chi connectivity index (χ4n) is 4.55. The number of hydrogen-bond donors (Lipinski definition) is 2. The van der Waals surface area contributed by atoms with Gasteiger partial charge in [0.05, 0.1) is 24.6 Å². The van der Waals surface area contributed by atoms with E-state index in [1.54, 1.807) is 12.5 Å². The van der Waals surface area contributed by atoms with Crippen LogP contribution in [0.15, 0.2) is 65.6 Å². The van der Waals surface area contributed by atoms with Gasteiger partial charge in [0.1, 0.15) is 0 Å². The summed E-state index contributed by atoms with van der Waals surface area (Å²) in [6.45, 7) is 0.646. The number of aromatic carboxylic acids is 1. The molecule has 6 rings (SSSR count). The standard InChI is InChI=1S/C23H16N2O3/c26-23(27)22-18(15-6-5-13-12-28-8-7-14(13)15)10-25-11-20-17(9-21(22)25)16-3-1-2-4-19(16)24-20/h1-8,10,12,24H,9,11H2,(H,26,27). The van der Waals surface area contributed by atoms with Crippen molar-refractivity contribution in [3.05, 3.63) is 83.7 Å². The number of carboxylic acid groups (broad SMARTS) is 1. The number of nitrogens with one attached hydrogen (secondary N) is 1. The molecule has 0 amide bonds. The highest BCUT2D eigenvalue weighted by atomic mass is 16.4. The zero-order valence-electron chi connectivity index (χ0n) is 14.9. The van der Waals surface area contributed by atoms with Crippen molar-refractivity contribution in [2.75, 3.05) is 0 Å². The summed E-state index contributed by atoms with van der Waals surface area (Å²) in [5.74, 6) is -0.887. The van der Waals surface area contributed by atoms with Gasteiger partial charge in [0, 0.05) is 46.0 Å². The second-order valence-corrected chi connectivity index (χ2v) is 7.27. The van der Waals surface area contributed by atoms with Crippen LogP contribution in [-0.4, -0.2) is 20.6 Å². The van der Waals surface area contributed by atoms with Crippen LogP contribution >= 0.6 is 0 Å². The van der Waals surface area contributed by atoms with Gasteiger partial charge in [-0.1, -0.05) is 30.3 Å². The SMILES string of the molecule is O=C(O)c1c(-c2ccc3coccc2-3)cn2c1Cc1c([nH]c3ccccc13)C2. The highest BCUT2D eigenvalue weighted by Gasteiger charge is 2.29. The molecule has 2 aliphatic heterocycles. The van der Waals surface area contributed by atoms with Crippen molar-refractivity contribution in [3.8, 4) is 22.3 Å². The van der Waals surface area contributed by atoms with Crippen molar-refractivity contribution in [1.29, 1.82) is 0 Å². The minimum atomic E-state index is -0.887. The van der Waals surface area contributed by atoms with Crippen molar-refractivity contribution in [2.24, 2.45) is 0 Å². The minimum Gasteiger partial charge on any atom is -0.478 e. The number of nitrogens with zero attached hydrogens (tertiary/aromatic N) is 1. The number of H-pyrrole nitrogens is 1. The van der Waals surface area contributed by atoms with E-state index >= 15 is 0 Å². The van der Waals surface area contributed by atoms with E-state index < -0.39 is 5.97 Å². The first kappa shape index (κ1) is 15.3. The van der Waals surface area contributed by atoms with Crippen molar-refractivity contribution in [1.82, 2.24) is 9.55 Å². The summed E-state index contributed by atoms with van der Waals surface area (Å²) in [5.41, 5.74) is 8.35. The molecule has 136 valence electrons. The Bertz CT molecular complexity index is 1350. The Kier molecular flexibility index (Phi) is 2.95. The molecule has 0 radical (unpaired) electrons.